The van der Waals surface area contributed by atoms with E-state index < -0.39 is 12.1 Å². The van der Waals surface area contributed by atoms with Gasteiger partial charge in [0.1, 0.15) is 0 Å². The molecule has 1 amide bonds. The fourth-order valence-corrected chi connectivity index (χ4v) is 8.42. The molecule has 4 heteroatoms. The van der Waals surface area contributed by atoms with Gasteiger partial charge >= 0.3 is 0 Å². The van der Waals surface area contributed by atoms with Crippen LogP contribution >= 0.6 is 0 Å². The van der Waals surface area contributed by atoms with Crippen molar-refractivity contribution in [3.8, 4) is 0 Å². The van der Waals surface area contributed by atoms with Crippen molar-refractivity contribution in [3.63, 3.8) is 0 Å². The van der Waals surface area contributed by atoms with Crippen molar-refractivity contribution in [2.24, 2.45) is 0 Å². The minimum Gasteiger partial charge on any atom is -0.394 e. The van der Waals surface area contributed by atoms with E-state index in [0.717, 1.165) is 44.9 Å². The van der Waals surface area contributed by atoms with Gasteiger partial charge in [0, 0.05) is 6.42 Å². The zero-order valence-corrected chi connectivity index (χ0v) is 42.3. The summed E-state index contributed by atoms with van der Waals surface area (Å²) in [5.74, 6) is -0.0773. The van der Waals surface area contributed by atoms with Crippen LogP contribution in [0.4, 0.5) is 0 Å². The summed E-state index contributed by atoms with van der Waals surface area (Å²) >= 11 is 0. The first-order valence-electron chi connectivity index (χ1n) is 28.0. The van der Waals surface area contributed by atoms with Crippen molar-refractivity contribution in [3.05, 3.63) is 60.8 Å². The molecule has 2 unspecified atom stereocenters. The Kier molecular flexibility index (Phi) is 52.8. The predicted octanol–water partition coefficient (Wildman–Crippen LogP) is 18.4. The molecule has 4 nitrogen and oxygen atoms in total. The van der Waals surface area contributed by atoms with Crippen molar-refractivity contribution >= 4 is 5.91 Å². The molecule has 0 rings (SSSR count). The van der Waals surface area contributed by atoms with Gasteiger partial charge in [0.05, 0.1) is 18.8 Å². The number of hydrogen-bond donors (Lipinski definition) is 3. The highest BCUT2D eigenvalue weighted by atomic mass is 16.3. The van der Waals surface area contributed by atoms with E-state index in [1.54, 1.807) is 6.08 Å². The number of carbonyl (C=O) groups excluding carboxylic acids is 1. The van der Waals surface area contributed by atoms with Crippen LogP contribution < -0.4 is 5.32 Å². The van der Waals surface area contributed by atoms with E-state index in [9.17, 15) is 15.0 Å². The molecular weight excluding hydrogens is 771 g/mol. The Bertz CT molecular complexity index is 1040. The molecule has 0 saturated heterocycles. The van der Waals surface area contributed by atoms with Gasteiger partial charge < -0.3 is 15.5 Å². The van der Waals surface area contributed by atoms with E-state index in [-0.39, 0.29) is 12.5 Å². The zero-order chi connectivity index (χ0) is 45.6. The van der Waals surface area contributed by atoms with Crippen molar-refractivity contribution in [2.75, 3.05) is 6.61 Å². The highest BCUT2D eigenvalue weighted by Gasteiger charge is 2.18. The number of amides is 1. The van der Waals surface area contributed by atoms with E-state index in [2.05, 4.69) is 67.8 Å². The SMILES string of the molecule is CCCCCCCCCCC/C=C\C/C=C\CCCCCCCCCCCCCCCC(=O)NC(CO)C(O)/C=C/CC/C=C/CC/C=C/CCCCCCCCCCCCCC. The first-order valence-corrected chi connectivity index (χ1v) is 28.0. The lowest BCUT2D eigenvalue weighted by Crippen LogP contribution is -2.45. The van der Waals surface area contributed by atoms with Crippen LogP contribution in [0.1, 0.15) is 290 Å². The minimum absolute atomic E-state index is 0.0773. The third-order valence-electron chi connectivity index (χ3n) is 12.7. The molecule has 63 heavy (non-hydrogen) atoms. The number of allylic oxidation sites excluding steroid dienone is 9. The lowest BCUT2D eigenvalue weighted by atomic mass is 10.0. The fourth-order valence-electron chi connectivity index (χ4n) is 8.42. The van der Waals surface area contributed by atoms with Crippen LogP contribution in [0, 0.1) is 0 Å². The van der Waals surface area contributed by atoms with Gasteiger partial charge in [0.15, 0.2) is 0 Å². The van der Waals surface area contributed by atoms with Gasteiger partial charge in [-0.25, -0.2) is 0 Å². The molecule has 0 aromatic heterocycles. The monoisotopic (exact) mass is 880 g/mol. The van der Waals surface area contributed by atoms with Crippen molar-refractivity contribution in [1.82, 2.24) is 5.32 Å². The molecular formula is C59H109NO3. The molecule has 0 bridgehead atoms. The van der Waals surface area contributed by atoms with Crippen LogP contribution in [0.5, 0.6) is 0 Å². The van der Waals surface area contributed by atoms with Gasteiger partial charge in [-0.3, -0.25) is 4.79 Å². The van der Waals surface area contributed by atoms with E-state index in [4.69, 9.17) is 0 Å². The summed E-state index contributed by atoms with van der Waals surface area (Å²) in [4.78, 5) is 12.5. The summed E-state index contributed by atoms with van der Waals surface area (Å²) in [6.07, 6.45) is 76.7. The Balaban J connectivity index is 3.56. The van der Waals surface area contributed by atoms with Gasteiger partial charge in [-0.2, -0.15) is 0 Å². The first-order chi connectivity index (χ1) is 31.2. The maximum Gasteiger partial charge on any atom is 0.220 e. The van der Waals surface area contributed by atoms with Gasteiger partial charge in [0.25, 0.3) is 0 Å². The molecule has 0 radical (unpaired) electrons. The minimum atomic E-state index is -0.873. The summed E-state index contributed by atoms with van der Waals surface area (Å²) in [6.45, 7) is 4.31. The molecule has 0 spiro atoms. The maximum absolute atomic E-state index is 12.5. The third kappa shape index (κ3) is 50.9. The Labute approximate surface area is 394 Å². The Morgan fingerprint density at radius 2 is 0.667 bits per heavy atom. The molecule has 2 atom stereocenters. The van der Waals surface area contributed by atoms with E-state index in [1.165, 1.54) is 225 Å². The normalized spacial score (nSPS) is 13.3. The number of aliphatic hydroxyl groups is 2. The van der Waals surface area contributed by atoms with E-state index in [1.807, 2.05) is 6.08 Å². The van der Waals surface area contributed by atoms with Crippen LogP contribution in [-0.4, -0.2) is 34.9 Å². The lowest BCUT2D eigenvalue weighted by molar-refractivity contribution is -0.123. The van der Waals surface area contributed by atoms with Gasteiger partial charge in [-0.05, 0) is 77.0 Å². The summed E-state index contributed by atoms with van der Waals surface area (Å²) in [7, 11) is 0. The fraction of sp³-hybridized carbons (Fsp3) is 0.814. The van der Waals surface area contributed by atoms with Gasteiger partial charge in [-0.1, -0.05) is 267 Å². The van der Waals surface area contributed by atoms with Gasteiger partial charge in [-0.15, -0.1) is 0 Å². The third-order valence-corrected chi connectivity index (χ3v) is 12.7. The molecule has 3 N–H and O–H groups in total. The average molecular weight is 881 g/mol. The summed E-state index contributed by atoms with van der Waals surface area (Å²) < 4.78 is 0. The molecule has 0 aliphatic rings. The van der Waals surface area contributed by atoms with Crippen LogP contribution in [0.25, 0.3) is 0 Å². The second-order valence-corrected chi connectivity index (χ2v) is 19.0. The smallest absolute Gasteiger partial charge is 0.220 e. The van der Waals surface area contributed by atoms with Crippen molar-refractivity contribution in [1.29, 1.82) is 0 Å². The largest absolute Gasteiger partial charge is 0.394 e. The van der Waals surface area contributed by atoms with Crippen LogP contribution in [0.15, 0.2) is 60.8 Å². The average Bonchev–Trinajstić information content (AvgIpc) is 3.29. The molecule has 0 aromatic rings. The molecule has 0 aliphatic carbocycles. The topological polar surface area (TPSA) is 69.6 Å². The predicted molar refractivity (Wildman–Crippen MR) is 281 cm³/mol. The first kappa shape index (κ1) is 61.1. The van der Waals surface area contributed by atoms with Gasteiger partial charge in [0.2, 0.25) is 5.91 Å². The standard InChI is InChI=1S/C59H109NO3/c1-3-5-7-9-11-13-15-17-19-21-23-25-27-28-29-30-31-32-33-35-37-39-41-43-45-47-49-51-53-55-59(63)60-57(56-61)58(62)54-52-50-48-46-44-42-40-38-36-34-26-24-22-20-18-16-14-12-10-8-6-4-2/h23,25,28-29,36,38,44,46,52,54,57-58,61-62H,3-22,24,26-27,30-35,37,39-43,45,47-51,53,55-56H2,1-2H3,(H,60,63)/b25-23-,29-28-,38-36+,46-44+,54-52+. The number of carbonyl (C=O) groups is 1. The number of unbranched alkanes of at least 4 members (excludes halogenated alkanes) is 36. The zero-order valence-electron chi connectivity index (χ0n) is 42.3. The number of nitrogens with one attached hydrogen (secondary N) is 1. The second kappa shape index (κ2) is 54.4. The number of hydrogen-bond acceptors (Lipinski definition) is 3. The molecule has 0 aromatic carbocycles. The lowest BCUT2D eigenvalue weighted by Gasteiger charge is -2.19. The van der Waals surface area contributed by atoms with Crippen LogP contribution in [0.2, 0.25) is 0 Å². The molecule has 0 aliphatic heterocycles. The number of aliphatic hydroxyl groups excluding tert-OH is 2. The van der Waals surface area contributed by atoms with E-state index >= 15 is 0 Å². The summed E-state index contributed by atoms with van der Waals surface area (Å²) in [5.41, 5.74) is 0. The molecule has 0 fully saturated rings. The molecule has 368 valence electrons. The van der Waals surface area contributed by atoms with Crippen LogP contribution in [0.3, 0.4) is 0 Å². The Morgan fingerprint density at radius 3 is 1.02 bits per heavy atom. The highest BCUT2D eigenvalue weighted by molar-refractivity contribution is 5.76. The Hall–Kier alpha value is -1.91. The summed E-state index contributed by atoms with van der Waals surface area (Å²) in [6, 6.07) is -0.648. The summed E-state index contributed by atoms with van der Waals surface area (Å²) in [5, 5.41) is 23.1. The van der Waals surface area contributed by atoms with E-state index in [0.29, 0.717) is 6.42 Å². The quantitative estimate of drug-likeness (QED) is 0.0421. The molecule has 0 saturated carbocycles. The molecule has 0 heterocycles. The van der Waals surface area contributed by atoms with Crippen LogP contribution in [-0.2, 0) is 4.79 Å². The maximum atomic E-state index is 12.5. The highest BCUT2D eigenvalue weighted by Crippen LogP contribution is 2.16. The number of rotatable bonds is 51. The van der Waals surface area contributed by atoms with Crippen molar-refractivity contribution < 1.29 is 15.0 Å². The Morgan fingerprint density at radius 1 is 0.381 bits per heavy atom. The van der Waals surface area contributed by atoms with Crippen molar-refractivity contribution in [2.45, 2.75) is 302 Å². The second-order valence-electron chi connectivity index (χ2n) is 19.0.